The fourth-order valence-corrected chi connectivity index (χ4v) is 4.88. The van der Waals surface area contributed by atoms with Crippen LogP contribution in [0, 0.1) is 0 Å². The minimum absolute atomic E-state index is 0.0139. The summed E-state index contributed by atoms with van der Waals surface area (Å²) < 4.78 is 31.0. The quantitative estimate of drug-likeness (QED) is 0.501. The molecule has 3 rings (SSSR count). The van der Waals surface area contributed by atoms with Crippen LogP contribution in [0.4, 0.5) is 4.79 Å². The number of carbonyl (C=O) groups excluding carboxylic acids is 2. The van der Waals surface area contributed by atoms with Gasteiger partial charge in [0.15, 0.2) is 9.84 Å². The molecule has 30 heavy (non-hydrogen) atoms. The van der Waals surface area contributed by atoms with Crippen molar-refractivity contribution in [1.29, 1.82) is 0 Å². The largest absolute Gasteiger partial charge is 0.463 e. The predicted molar refractivity (Wildman–Crippen MR) is 115 cm³/mol. The Balaban J connectivity index is 2.08. The molecular weight excluding hydrogens is 424 g/mol. The lowest BCUT2D eigenvalue weighted by atomic mass is 9.95. The van der Waals surface area contributed by atoms with Gasteiger partial charge in [0.1, 0.15) is 0 Å². The van der Waals surface area contributed by atoms with E-state index >= 15 is 0 Å². The van der Waals surface area contributed by atoms with Gasteiger partial charge in [-0.05, 0) is 43.0 Å². The van der Waals surface area contributed by atoms with E-state index in [9.17, 15) is 18.0 Å². The second kappa shape index (κ2) is 9.36. The van der Waals surface area contributed by atoms with Crippen molar-refractivity contribution in [2.75, 3.05) is 18.6 Å². The molecule has 1 unspecified atom stereocenters. The SMILES string of the molecule is CCOC(=O)C1=C(CS(=O)(=O)c2ccccc2)NC(=O)NC1c1ccc(SC)cc1. The number of carbonyl (C=O) groups is 2. The van der Waals surface area contributed by atoms with Crippen LogP contribution in [-0.4, -0.2) is 39.0 Å². The zero-order valence-corrected chi connectivity index (χ0v) is 18.2. The Labute approximate surface area is 179 Å². The highest BCUT2D eigenvalue weighted by atomic mass is 32.2. The molecule has 7 nitrogen and oxygen atoms in total. The number of benzene rings is 2. The summed E-state index contributed by atoms with van der Waals surface area (Å²) in [6, 6.07) is 13.8. The van der Waals surface area contributed by atoms with Gasteiger partial charge < -0.3 is 15.4 Å². The maximum atomic E-state index is 12.9. The number of amides is 2. The minimum Gasteiger partial charge on any atom is -0.463 e. The summed E-state index contributed by atoms with van der Waals surface area (Å²) in [6.07, 6.45) is 1.94. The summed E-state index contributed by atoms with van der Waals surface area (Å²) in [4.78, 5) is 26.2. The van der Waals surface area contributed by atoms with Gasteiger partial charge in [0.25, 0.3) is 0 Å². The van der Waals surface area contributed by atoms with Crippen LogP contribution in [0.2, 0.25) is 0 Å². The highest BCUT2D eigenvalue weighted by Crippen LogP contribution is 2.30. The number of ether oxygens (including phenoxy) is 1. The Morgan fingerprint density at radius 2 is 1.77 bits per heavy atom. The molecule has 0 bridgehead atoms. The van der Waals surface area contributed by atoms with Gasteiger partial charge in [-0.3, -0.25) is 0 Å². The van der Waals surface area contributed by atoms with Crippen LogP contribution in [-0.2, 0) is 19.4 Å². The molecule has 2 aromatic carbocycles. The fraction of sp³-hybridized carbons (Fsp3) is 0.238. The van der Waals surface area contributed by atoms with Crippen LogP contribution in [0.5, 0.6) is 0 Å². The topological polar surface area (TPSA) is 102 Å². The van der Waals surface area contributed by atoms with E-state index in [-0.39, 0.29) is 22.8 Å². The van der Waals surface area contributed by atoms with E-state index in [0.717, 1.165) is 4.90 Å². The lowest BCUT2D eigenvalue weighted by molar-refractivity contribution is -0.139. The Morgan fingerprint density at radius 1 is 1.10 bits per heavy atom. The molecule has 1 heterocycles. The van der Waals surface area contributed by atoms with Gasteiger partial charge in [-0.1, -0.05) is 30.3 Å². The van der Waals surface area contributed by atoms with E-state index in [2.05, 4.69) is 10.6 Å². The summed E-state index contributed by atoms with van der Waals surface area (Å²) in [7, 11) is -3.79. The maximum absolute atomic E-state index is 12.9. The maximum Gasteiger partial charge on any atom is 0.338 e. The van der Waals surface area contributed by atoms with Crippen LogP contribution >= 0.6 is 11.8 Å². The van der Waals surface area contributed by atoms with Crippen LogP contribution in [0.3, 0.4) is 0 Å². The molecule has 0 aromatic heterocycles. The van der Waals surface area contributed by atoms with Crippen molar-refractivity contribution in [3.63, 3.8) is 0 Å². The number of sulfone groups is 1. The van der Waals surface area contributed by atoms with Crippen LogP contribution in [0.1, 0.15) is 18.5 Å². The first-order valence-corrected chi connectivity index (χ1v) is 12.1. The highest BCUT2D eigenvalue weighted by molar-refractivity contribution is 7.98. The summed E-state index contributed by atoms with van der Waals surface area (Å²) in [6.45, 7) is 1.78. The van der Waals surface area contributed by atoms with Crippen molar-refractivity contribution in [3.8, 4) is 0 Å². The van der Waals surface area contributed by atoms with E-state index < -0.39 is 33.6 Å². The number of urea groups is 1. The zero-order chi connectivity index (χ0) is 21.7. The Morgan fingerprint density at radius 3 is 2.37 bits per heavy atom. The van der Waals surface area contributed by atoms with Crippen molar-refractivity contribution >= 4 is 33.6 Å². The average molecular weight is 447 g/mol. The van der Waals surface area contributed by atoms with Crippen LogP contribution in [0.25, 0.3) is 0 Å². The summed E-state index contributed by atoms with van der Waals surface area (Å²) in [5.74, 6) is -1.21. The molecule has 1 atom stereocenters. The van der Waals surface area contributed by atoms with Gasteiger partial charge in [0, 0.05) is 10.6 Å². The number of thioether (sulfide) groups is 1. The molecule has 1 aliphatic heterocycles. The molecule has 2 N–H and O–H groups in total. The second-order valence-electron chi connectivity index (χ2n) is 6.49. The molecule has 1 aliphatic rings. The van der Waals surface area contributed by atoms with Gasteiger partial charge >= 0.3 is 12.0 Å². The monoisotopic (exact) mass is 446 g/mol. The van der Waals surface area contributed by atoms with Crippen molar-refractivity contribution in [3.05, 3.63) is 71.4 Å². The molecule has 0 aliphatic carbocycles. The first-order chi connectivity index (χ1) is 14.4. The van der Waals surface area contributed by atoms with Gasteiger partial charge in [0.2, 0.25) is 0 Å². The van der Waals surface area contributed by atoms with Crippen LogP contribution in [0.15, 0.2) is 75.7 Å². The van der Waals surface area contributed by atoms with Crippen molar-refractivity contribution < 1.29 is 22.7 Å². The zero-order valence-electron chi connectivity index (χ0n) is 16.5. The lowest BCUT2D eigenvalue weighted by Crippen LogP contribution is -2.47. The van der Waals surface area contributed by atoms with Crippen molar-refractivity contribution in [2.45, 2.75) is 22.8 Å². The van der Waals surface area contributed by atoms with E-state index in [1.54, 1.807) is 49.0 Å². The molecular formula is C21H22N2O5S2. The summed E-state index contributed by atoms with van der Waals surface area (Å²) in [5, 5.41) is 5.20. The Hall–Kier alpha value is -2.78. The van der Waals surface area contributed by atoms with E-state index in [0.29, 0.717) is 5.56 Å². The smallest absolute Gasteiger partial charge is 0.338 e. The summed E-state index contributed by atoms with van der Waals surface area (Å²) >= 11 is 1.56. The van der Waals surface area contributed by atoms with E-state index in [4.69, 9.17) is 4.74 Å². The number of rotatable bonds is 7. The number of nitrogens with one attached hydrogen (secondary N) is 2. The molecule has 0 fully saturated rings. The minimum atomic E-state index is -3.79. The molecule has 2 amide bonds. The molecule has 9 heteroatoms. The first kappa shape index (κ1) is 21.9. The van der Waals surface area contributed by atoms with Gasteiger partial charge in [-0.15, -0.1) is 11.8 Å². The Bertz CT molecular complexity index is 1060. The number of esters is 1. The molecule has 0 saturated heterocycles. The van der Waals surface area contributed by atoms with Crippen molar-refractivity contribution in [2.24, 2.45) is 0 Å². The summed E-state index contributed by atoms with van der Waals surface area (Å²) in [5.41, 5.74) is 0.744. The number of hydrogen-bond acceptors (Lipinski definition) is 6. The van der Waals surface area contributed by atoms with Crippen molar-refractivity contribution in [1.82, 2.24) is 10.6 Å². The van der Waals surface area contributed by atoms with Gasteiger partial charge in [0.05, 0.1) is 28.9 Å². The molecule has 2 aromatic rings. The Kier molecular flexibility index (Phi) is 6.84. The third-order valence-electron chi connectivity index (χ3n) is 4.53. The van der Waals surface area contributed by atoms with Gasteiger partial charge in [-0.25, -0.2) is 18.0 Å². The van der Waals surface area contributed by atoms with E-state index in [1.807, 2.05) is 18.4 Å². The molecule has 0 saturated carbocycles. The van der Waals surface area contributed by atoms with Gasteiger partial charge in [-0.2, -0.15) is 0 Å². The van der Waals surface area contributed by atoms with E-state index in [1.165, 1.54) is 12.1 Å². The highest BCUT2D eigenvalue weighted by Gasteiger charge is 2.35. The number of hydrogen-bond donors (Lipinski definition) is 2. The fourth-order valence-electron chi connectivity index (χ4n) is 3.13. The molecule has 0 spiro atoms. The third-order valence-corrected chi connectivity index (χ3v) is 6.94. The lowest BCUT2D eigenvalue weighted by Gasteiger charge is -2.29. The second-order valence-corrected chi connectivity index (χ2v) is 9.36. The standard InChI is InChI=1S/C21H22N2O5S2/c1-3-28-20(24)18-17(13-30(26,27)16-7-5-4-6-8-16)22-21(25)23-19(18)14-9-11-15(29-2)12-10-14/h4-12,19H,3,13H2,1-2H3,(H2,22,23,25). The normalized spacial score (nSPS) is 16.6. The third kappa shape index (κ3) is 4.85. The molecule has 0 radical (unpaired) electrons. The van der Waals surface area contributed by atoms with Crippen LogP contribution < -0.4 is 10.6 Å². The average Bonchev–Trinajstić information content (AvgIpc) is 2.74. The molecule has 158 valence electrons. The first-order valence-electron chi connectivity index (χ1n) is 9.25. The predicted octanol–water partition coefficient (Wildman–Crippen LogP) is 3.05.